The topological polar surface area (TPSA) is 95.3 Å². The second-order valence-corrected chi connectivity index (χ2v) is 9.63. The summed E-state index contributed by atoms with van der Waals surface area (Å²) in [4.78, 5) is 9.56. The van der Waals surface area contributed by atoms with Gasteiger partial charge >= 0.3 is 0 Å². The number of imidazole rings is 1. The molecule has 0 saturated heterocycles. The van der Waals surface area contributed by atoms with Gasteiger partial charge in [0, 0.05) is 31.4 Å². The predicted molar refractivity (Wildman–Crippen MR) is 133 cm³/mol. The zero-order chi connectivity index (χ0) is 21.1. The van der Waals surface area contributed by atoms with E-state index in [0.29, 0.717) is 26.1 Å². The molecule has 0 fully saturated rings. The van der Waals surface area contributed by atoms with Gasteiger partial charge in [-0.05, 0) is 23.6 Å². The zero-order valence-corrected chi connectivity index (χ0v) is 20.2. The van der Waals surface area contributed by atoms with E-state index < -0.39 is 10.0 Å². The maximum Gasteiger partial charge on any atom is 0.211 e. The SMILES string of the molecule is CS(=O)(=O)N1Cc2ccccc2N(C(CN)c2cnc[nH]2)C[C@H]1Cc1ccccc1.Cl.Cl. The van der Waals surface area contributed by atoms with Crippen LogP contribution in [0.2, 0.25) is 0 Å². The van der Waals surface area contributed by atoms with Crippen molar-refractivity contribution < 1.29 is 8.42 Å². The van der Waals surface area contributed by atoms with Gasteiger partial charge in [0.05, 0.1) is 30.5 Å². The fraction of sp³-hybridized carbons (Fsp3) is 0.318. The van der Waals surface area contributed by atoms with Gasteiger partial charge in [-0.15, -0.1) is 24.8 Å². The lowest BCUT2D eigenvalue weighted by atomic mass is 10.0. The van der Waals surface area contributed by atoms with Gasteiger partial charge in [-0.1, -0.05) is 48.5 Å². The number of rotatable bonds is 6. The Hall–Kier alpha value is -2.10. The summed E-state index contributed by atoms with van der Waals surface area (Å²) >= 11 is 0. The number of halogens is 2. The van der Waals surface area contributed by atoms with Crippen molar-refractivity contribution in [2.75, 3.05) is 24.2 Å². The first kappa shape index (κ1) is 26.2. The van der Waals surface area contributed by atoms with Gasteiger partial charge in [-0.2, -0.15) is 4.31 Å². The molecule has 0 aliphatic carbocycles. The summed E-state index contributed by atoms with van der Waals surface area (Å²) < 4.78 is 27.2. The Bertz CT molecular complexity index is 1080. The molecule has 0 radical (unpaired) electrons. The number of fused-ring (bicyclic) bond motifs is 1. The number of hydrogen-bond acceptors (Lipinski definition) is 5. The first-order valence-electron chi connectivity index (χ1n) is 10.0. The molecule has 4 rings (SSSR count). The van der Waals surface area contributed by atoms with Gasteiger partial charge in [-0.25, -0.2) is 13.4 Å². The quantitative estimate of drug-likeness (QED) is 0.545. The van der Waals surface area contributed by atoms with Crippen molar-refractivity contribution in [3.05, 3.63) is 83.9 Å². The Balaban J connectivity index is 0.00000181. The molecule has 2 atom stereocenters. The number of para-hydroxylation sites is 1. The number of nitrogens with two attached hydrogens (primary N) is 1. The smallest absolute Gasteiger partial charge is 0.211 e. The van der Waals surface area contributed by atoms with Gasteiger partial charge in [0.1, 0.15) is 0 Å². The van der Waals surface area contributed by atoms with E-state index in [9.17, 15) is 8.42 Å². The van der Waals surface area contributed by atoms with E-state index in [4.69, 9.17) is 5.73 Å². The van der Waals surface area contributed by atoms with E-state index in [1.165, 1.54) is 6.26 Å². The van der Waals surface area contributed by atoms with Gasteiger partial charge in [-0.3, -0.25) is 0 Å². The molecule has 2 aromatic carbocycles. The molecule has 0 amide bonds. The number of anilines is 1. The fourth-order valence-electron chi connectivity index (χ4n) is 4.24. The minimum Gasteiger partial charge on any atom is -0.360 e. The van der Waals surface area contributed by atoms with Crippen molar-refractivity contribution in [1.82, 2.24) is 14.3 Å². The minimum absolute atomic E-state index is 0. The Labute approximate surface area is 201 Å². The fourth-order valence-corrected chi connectivity index (χ4v) is 5.30. The molecule has 0 saturated carbocycles. The van der Waals surface area contributed by atoms with E-state index in [2.05, 4.69) is 14.9 Å². The number of benzene rings is 2. The average molecular weight is 498 g/mol. The normalized spacial score (nSPS) is 17.4. The third-order valence-corrected chi connectivity index (χ3v) is 6.94. The molecule has 32 heavy (non-hydrogen) atoms. The van der Waals surface area contributed by atoms with Gasteiger partial charge in [0.2, 0.25) is 10.0 Å². The molecule has 1 aliphatic rings. The monoisotopic (exact) mass is 497 g/mol. The summed E-state index contributed by atoms with van der Waals surface area (Å²) in [5.41, 5.74) is 10.2. The van der Waals surface area contributed by atoms with Crippen molar-refractivity contribution in [3.8, 4) is 0 Å². The van der Waals surface area contributed by atoms with E-state index >= 15 is 0 Å². The molecule has 1 aliphatic heterocycles. The predicted octanol–water partition coefficient (Wildman–Crippen LogP) is 3.15. The highest BCUT2D eigenvalue weighted by molar-refractivity contribution is 7.88. The molecule has 174 valence electrons. The number of hydrogen-bond donors (Lipinski definition) is 2. The van der Waals surface area contributed by atoms with Crippen LogP contribution >= 0.6 is 24.8 Å². The molecule has 1 aromatic heterocycles. The molecule has 3 aromatic rings. The number of sulfonamides is 1. The summed E-state index contributed by atoms with van der Waals surface area (Å²) in [5, 5.41) is 0. The van der Waals surface area contributed by atoms with Crippen LogP contribution in [0, 0.1) is 0 Å². The number of H-pyrrole nitrogens is 1. The highest BCUT2D eigenvalue weighted by Crippen LogP contribution is 2.34. The highest BCUT2D eigenvalue weighted by atomic mass is 35.5. The first-order valence-corrected chi connectivity index (χ1v) is 11.9. The third kappa shape index (κ3) is 5.63. The van der Waals surface area contributed by atoms with Gasteiger partial charge < -0.3 is 15.6 Å². The number of nitrogens with one attached hydrogen (secondary N) is 1. The van der Waals surface area contributed by atoms with Crippen LogP contribution in [0.5, 0.6) is 0 Å². The van der Waals surface area contributed by atoms with Crippen LogP contribution in [0.25, 0.3) is 0 Å². The summed E-state index contributed by atoms with van der Waals surface area (Å²) in [6.07, 6.45) is 5.34. The van der Waals surface area contributed by atoms with E-state index in [1.807, 2.05) is 54.6 Å². The van der Waals surface area contributed by atoms with Crippen LogP contribution in [-0.2, 0) is 23.0 Å². The summed E-state index contributed by atoms with van der Waals surface area (Å²) in [7, 11) is -3.42. The lowest BCUT2D eigenvalue weighted by molar-refractivity contribution is 0.316. The third-order valence-electron chi connectivity index (χ3n) is 5.66. The van der Waals surface area contributed by atoms with Crippen molar-refractivity contribution in [2.45, 2.75) is 25.0 Å². The molecule has 1 unspecified atom stereocenters. The van der Waals surface area contributed by atoms with Crippen molar-refractivity contribution in [2.24, 2.45) is 5.73 Å². The molecule has 10 heteroatoms. The largest absolute Gasteiger partial charge is 0.360 e. The Morgan fingerprint density at radius 1 is 1.12 bits per heavy atom. The maximum absolute atomic E-state index is 12.8. The molecule has 0 spiro atoms. The summed E-state index contributed by atoms with van der Waals surface area (Å²) in [5.74, 6) is 0. The van der Waals surface area contributed by atoms with Gasteiger partial charge in [0.25, 0.3) is 0 Å². The first-order chi connectivity index (χ1) is 14.5. The molecular weight excluding hydrogens is 469 g/mol. The Morgan fingerprint density at radius 2 is 1.81 bits per heavy atom. The Kier molecular flexibility index (Phi) is 9.12. The molecule has 0 bridgehead atoms. The second kappa shape index (κ2) is 11.2. The lowest BCUT2D eigenvalue weighted by Crippen LogP contribution is -2.47. The summed E-state index contributed by atoms with van der Waals surface area (Å²) in [6.45, 7) is 1.25. The molecule has 2 heterocycles. The summed E-state index contributed by atoms with van der Waals surface area (Å²) in [6, 6.07) is 17.6. The minimum atomic E-state index is -3.42. The van der Waals surface area contributed by atoms with Crippen LogP contribution in [0.4, 0.5) is 5.69 Å². The van der Waals surface area contributed by atoms with Crippen molar-refractivity contribution in [3.63, 3.8) is 0 Å². The zero-order valence-electron chi connectivity index (χ0n) is 17.8. The Morgan fingerprint density at radius 3 is 2.44 bits per heavy atom. The number of nitrogens with zero attached hydrogens (tertiary/aromatic N) is 3. The lowest BCUT2D eigenvalue weighted by Gasteiger charge is -2.35. The molecule has 7 nitrogen and oxygen atoms in total. The number of aromatic nitrogens is 2. The average Bonchev–Trinajstić information content (AvgIpc) is 3.20. The second-order valence-electron chi connectivity index (χ2n) is 7.69. The van der Waals surface area contributed by atoms with Gasteiger partial charge in [0.15, 0.2) is 0 Å². The molecule has 3 N–H and O–H groups in total. The van der Waals surface area contributed by atoms with Crippen LogP contribution in [-0.4, -0.2) is 48.1 Å². The maximum atomic E-state index is 12.8. The van der Waals surface area contributed by atoms with Crippen LogP contribution in [0.1, 0.15) is 22.9 Å². The highest BCUT2D eigenvalue weighted by Gasteiger charge is 2.35. The standard InChI is InChI=1S/C22H27N5O2S.2ClH/c1-30(28,29)27-14-18-9-5-6-10-21(18)26(22(12-23)20-13-24-16-25-20)15-19(27)11-17-7-3-2-4-8-17;;/h2-10,13,16,19,22H,11-12,14-15,23H2,1H3,(H,24,25);2*1H/t19-,22?;;/m1../s1. The van der Waals surface area contributed by atoms with Crippen molar-refractivity contribution in [1.29, 1.82) is 0 Å². The number of aromatic amines is 1. The van der Waals surface area contributed by atoms with E-state index in [-0.39, 0.29) is 36.9 Å². The van der Waals surface area contributed by atoms with E-state index in [1.54, 1.807) is 16.8 Å². The van der Waals surface area contributed by atoms with Crippen LogP contribution in [0.15, 0.2) is 67.1 Å². The van der Waals surface area contributed by atoms with Crippen LogP contribution < -0.4 is 10.6 Å². The van der Waals surface area contributed by atoms with Crippen molar-refractivity contribution >= 4 is 40.5 Å². The van der Waals surface area contributed by atoms with Crippen LogP contribution in [0.3, 0.4) is 0 Å². The molecular formula is C22H29Cl2N5O2S. The van der Waals surface area contributed by atoms with E-state index in [0.717, 1.165) is 22.5 Å².